The van der Waals surface area contributed by atoms with Gasteiger partial charge in [-0.05, 0) is 56.5 Å². The van der Waals surface area contributed by atoms with Crippen molar-refractivity contribution in [3.63, 3.8) is 0 Å². The SMILES string of the molecule is CCNC(=NCC(C)(O)c1ccco1)NC(C)c1ccc(OCC(C)C)cc1. The maximum Gasteiger partial charge on any atom is 0.191 e. The summed E-state index contributed by atoms with van der Waals surface area (Å²) in [5.41, 5.74) is -0.0369. The number of rotatable bonds is 9. The first kappa shape index (κ1) is 21.8. The van der Waals surface area contributed by atoms with Crippen LogP contribution in [0.3, 0.4) is 0 Å². The van der Waals surface area contributed by atoms with Crippen molar-refractivity contribution in [2.75, 3.05) is 19.7 Å². The lowest BCUT2D eigenvalue weighted by atomic mass is 10.0. The Labute approximate surface area is 168 Å². The molecule has 6 nitrogen and oxygen atoms in total. The van der Waals surface area contributed by atoms with E-state index in [0.29, 0.717) is 24.2 Å². The number of aliphatic hydroxyl groups is 1. The maximum atomic E-state index is 10.6. The highest BCUT2D eigenvalue weighted by atomic mass is 16.5. The molecule has 3 N–H and O–H groups in total. The van der Waals surface area contributed by atoms with Crippen LogP contribution in [0.25, 0.3) is 0 Å². The zero-order chi connectivity index (χ0) is 20.6. The Morgan fingerprint density at radius 1 is 1.21 bits per heavy atom. The Balaban J connectivity index is 2.00. The van der Waals surface area contributed by atoms with Crippen LogP contribution in [-0.4, -0.2) is 30.8 Å². The number of nitrogens with one attached hydrogen (secondary N) is 2. The molecule has 1 aromatic carbocycles. The Morgan fingerprint density at radius 3 is 2.50 bits per heavy atom. The minimum absolute atomic E-state index is 0.0468. The highest BCUT2D eigenvalue weighted by Gasteiger charge is 2.26. The molecule has 0 aliphatic carbocycles. The van der Waals surface area contributed by atoms with Gasteiger partial charge in [-0.2, -0.15) is 0 Å². The molecule has 0 bridgehead atoms. The first-order valence-corrected chi connectivity index (χ1v) is 9.85. The molecule has 6 heteroatoms. The summed E-state index contributed by atoms with van der Waals surface area (Å²) in [7, 11) is 0. The summed E-state index contributed by atoms with van der Waals surface area (Å²) >= 11 is 0. The minimum Gasteiger partial charge on any atom is -0.493 e. The number of nitrogens with zero attached hydrogens (tertiary/aromatic N) is 1. The van der Waals surface area contributed by atoms with Crippen LogP contribution in [0.15, 0.2) is 52.1 Å². The molecule has 28 heavy (non-hydrogen) atoms. The molecule has 0 spiro atoms. The molecule has 2 unspecified atom stereocenters. The molecule has 154 valence electrons. The van der Waals surface area contributed by atoms with Gasteiger partial charge in [0.15, 0.2) is 5.96 Å². The average Bonchev–Trinajstić information content (AvgIpc) is 3.21. The predicted molar refractivity (Wildman–Crippen MR) is 113 cm³/mol. The third-order valence-electron chi connectivity index (χ3n) is 4.26. The maximum absolute atomic E-state index is 10.6. The first-order chi connectivity index (χ1) is 13.3. The van der Waals surface area contributed by atoms with Crippen LogP contribution in [0.1, 0.15) is 52.0 Å². The minimum atomic E-state index is -1.16. The largest absolute Gasteiger partial charge is 0.493 e. The predicted octanol–water partition coefficient (Wildman–Crippen LogP) is 3.84. The van der Waals surface area contributed by atoms with Gasteiger partial charge < -0.3 is 24.9 Å². The zero-order valence-electron chi connectivity index (χ0n) is 17.5. The molecular weight excluding hydrogens is 354 g/mol. The van der Waals surface area contributed by atoms with Crippen molar-refractivity contribution in [1.29, 1.82) is 0 Å². The molecule has 1 aromatic heterocycles. The van der Waals surface area contributed by atoms with E-state index in [2.05, 4.69) is 48.5 Å². The van der Waals surface area contributed by atoms with Crippen LogP contribution < -0.4 is 15.4 Å². The van der Waals surface area contributed by atoms with Crippen molar-refractivity contribution in [2.24, 2.45) is 10.9 Å². The molecule has 0 radical (unpaired) electrons. The number of hydrogen-bond donors (Lipinski definition) is 3. The second-order valence-electron chi connectivity index (χ2n) is 7.59. The topological polar surface area (TPSA) is 79.0 Å². The van der Waals surface area contributed by atoms with Crippen molar-refractivity contribution >= 4 is 5.96 Å². The van der Waals surface area contributed by atoms with Gasteiger partial charge >= 0.3 is 0 Å². The fraction of sp³-hybridized carbons (Fsp3) is 0.500. The summed E-state index contributed by atoms with van der Waals surface area (Å²) in [6, 6.07) is 11.6. The molecule has 0 aliphatic heterocycles. The van der Waals surface area contributed by atoms with Crippen LogP contribution in [0.2, 0.25) is 0 Å². The summed E-state index contributed by atoms with van der Waals surface area (Å²) in [4.78, 5) is 4.53. The number of guanidine groups is 1. The molecule has 2 rings (SSSR count). The summed E-state index contributed by atoms with van der Waals surface area (Å²) in [6.45, 7) is 11.7. The fourth-order valence-electron chi connectivity index (χ4n) is 2.62. The van der Waals surface area contributed by atoms with E-state index in [4.69, 9.17) is 9.15 Å². The normalized spacial score (nSPS) is 15.2. The van der Waals surface area contributed by atoms with Gasteiger partial charge in [0.2, 0.25) is 0 Å². The van der Waals surface area contributed by atoms with Crippen molar-refractivity contribution in [2.45, 2.75) is 46.3 Å². The number of hydrogen-bond acceptors (Lipinski definition) is 4. The molecule has 0 aliphatic rings. The smallest absolute Gasteiger partial charge is 0.191 e. The number of aliphatic imine (C=N–C) groups is 1. The van der Waals surface area contributed by atoms with Gasteiger partial charge in [-0.3, -0.25) is 0 Å². The van der Waals surface area contributed by atoms with E-state index in [9.17, 15) is 5.11 Å². The standard InChI is InChI=1S/C22H33N3O3/c1-6-23-21(24-15-22(5,26)20-8-7-13-27-20)25-17(4)18-9-11-19(12-10-18)28-14-16(2)3/h7-13,16-17,26H,6,14-15H2,1-5H3,(H2,23,24,25). The molecule has 0 saturated carbocycles. The van der Waals surface area contributed by atoms with Gasteiger partial charge in [0.25, 0.3) is 0 Å². The van der Waals surface area contributed by atoms with Crippen molar-refractivity contribution in [1.82, 2.24) is 10.6 Å². The van der Waals surface area contributed by atoms with Gasteiger partial charge in [0.05, 0.1) is 25.5 Å². The van der Waals surface area contributed by atoms with E-state index in [-0.39, 0.29) is 12.6 Å². The van der Waals surface area contributed by atoms with Crippen LogP contribution in [0, 0.1) is 5.92 Å². The van der Waals surface area contributed by atoms with E-state index in [1.54, 1.807) is 25.3 Å². The van der Waals surface area contributed by atoms with E-state index in [1.165, 1.54) is 0 Å². The summed E-state index contributed by atoms with van der Waals surface area (Å²) in [5.74, 6) is 2.51. The third kappa shape index (κ3) is 6.60. The van der Waals surface area contributed by atoms with E-state index < -0.39 is 5.60 Å². The number of ether oxygens (including phenoxy) is 1. The van der Waals surface area contributed by atoms with Gasteiger partial charge in [0, 0.05) is 6.54 Å². The van der Waals surface area contributed by atoms with Crippen LogP contribution in [0.4, 0.5) is 0 Å². The summed E-state index contributed by atoms with van der Waals surface area (Å²) in [5, 5.41) is 17.2. The molecule has 0 fully saturated rings. The molecule has 2 atom stereocenters. The summed E-state index contributed by atoms with van der Waals surface area (Å²) in [6.07, 6.45) is 1.55. The van der Waals surface area contributed by atoms with Gasteiger partial charge in [-0.25, -0.2) is 4.99 Å². The van der Waals surface area contributed by atoms with Crippen molar-refractivity contribution in [3.05, 3.63) is 54.0 Å². The number of furan rings is 1. The highest BCUT2D eigenvalue weighted by molar-refractivity contribution is 5.80. The monoisotopic (exact) mass is 387 g/mol. The molecule has 0 saturated heterocycles. The highest BCUT2D eigenvalue weighted by Crippen LogP contribution is 2.21. The molecule has 0 amide bonds. The van der Waals surface area contributed by atoms with Gasteiger partial charge in [-0.15, -0.1) is 0 Å². The lowest BCUT2D eigenvalue weighted by Crippen LogP contribution is -2.40. The fourth-order valence-corrected chi connectivity index (χ4v) is 2.62. The molecule has 2 aromatic rings. The Kier molecular flexibility index (Phi) is 7.93. The van der Waals surface area contributed by atoms with Gasteiger partial charge in [0.1, 0.15) is 17.1 Å². The average molecular weight is 388 g/mol. The zero-order valence-corrected chi connectivity index (χ0v) is 17.5. The van der Waals surface area contributed by atoms with E-state index >= 15 is 0 Å². The van der Waals surface area contributed by atoms with Gasteiger partial charge in [-0.1, -0.05) is 26.0 Å². The Bertz CT molecular complexity index is 722. The number of benzene rings is 1. The van der Waals surface area contributed by atoms with E-state index in [1.807, 2.05) is 19.1 Å². The second-order valence-corrected chi connectivity index (χ2v) is 7.59. The molecule has 1 heterocycles. The van der Waals surface area contributed by atoms with Crippen molar-refractivity contribution in [3.8, 4) is 5.75 Å². The third-order valence-corrected chi connectivity index (χ3v) is 4.26. The van der Waals surface area contributed by atoms with Crippen molar-refractivity contribution < 1.29 is 14.3 Å². The quantitative estimate of drug-likeness (QED) is 0.450. The second kappa shape index (κ2) is 10.2. The lowest BCUT2D eigenvalue weighted by Gasteiger charge is -2.22. The first-order valence-electron chi connectivity index (χ1n) is 9.85. The van der Waals surface area contributed by atoms with Crippen LogP contribution >= 0.6 is 0 Å². The molecular formula is C22H33N3O3. The van der Waals surface area contributed by atoms with Crippen LogP contribution in [0.5, 0.6) is 5.75 Å². The summed E-state index contributed by atoms with van der Waals surface area (Å²) < 4.78 is 11.1. The van der Waals surface area contributed by atoms with Crippen LogP contribution in [-0.2, 0) is 5.60 Å². The Hall–Kier alpha value is -2.47. The lowest BCUT2D eigenvalue weighted by molar-refractivity contribution is 0.0437. The Morgan fingerprint density at radius 2 is 1.93 bits per heavy atom. The van der Waals surface area contributed by atoms with E-state index in [0.717, 1.165) is 17.9 Å².